The zero-order valence-electron chi connectivity index (χ0n) is 14.5. The summed E-state index contributed by atoms with van der Waals surface area (Å²) in [7, 11) is 0. The molecule has 0 aliphatic carbocycles. The van der Waals surface area contributed by atoms with Crippen molar-refractivity contribution in [1.82, 2.24) is 14.8 Å². The van der Waals surface area contributed by atoms with E-state index in [1.807, 2.05) is 19.1 Å². The van der Waals surface area contributed by atoms with Crippen molar-refractivity contribution in [3.05, 3.63) is 86.9 Å². The maximum atomic E-state index is 14.3. The minimum absolute atomic E-state index is 0.0568. The van der Waals surface area contributed by atoms with Crippen molar-refractivity contribution in [2.75, 3.05) is 0 Å². The van der Waals surface area contributed by atoms with Gasteiger partial charge in [0.1, 0.15) is 23.0 Å². The molecule has 0 saturated carbocycles. The Labute approximate surface area is 166 Å². The Bertz CT molecular complexity index is 1250. The van der Waals surface area contributed by atoms with Gasteiger partial charge in [0.25, 0.3) is 10.4 Å². The van der Waals surface area contributed by atoms with E-state index < -0.39 is 11.6 Å². The minimum atomic E-state index is -0.783. The Morgan fingerprint density at radius 3 is 2.61 bits per heavy atom. The monoisotopic (exact) mass is 443 g/mol. The fourth-order valence-corrected chi connectivity index (χ4v) is 3.18. The van der Waals surface area contributed by atoms with E-state index in [9.17, 15) is 13.6 Å². The first-order valence-electron chi connectivity index (χ1n) is 8.22. The van der Waals surface area contributed by atoms with Gasteiger partial charge < -0.3 is 4.42 Å². The summed E-state index contributed by atoms with van der Waals surface area (Å²) >= 11 is 3.14. The molecule has 8 heteroatoms. The zero-order valence-corrected chi connectivity index (χ0v) is 16.1. The van der Waals surface area contributed by atoms with E-state index in [4.69, 9.17) is 4.42 Å². The molecule has 4 rings (SSSR count). The average Bonchev–Trinajstić information content (AvgIpc) is 3.04. The lowest BCUT2D eigenvalue weighted by atomic mass is 10.1. The van der Waals surface area contributed by atoms with Gasteiger partial charge in [-0.2, -0.15) is 9.78 Å². The summed E-state index contributed by atoms with van der Waals surface area (Å²) in [6.07, 6.45) is 0. The second-order valence-corrected chi connectivity index (χ2v) is 6.70. The summed E-state index contributed by atoms with van der Waals surface area (Å²) in [6.45, 7) is 1.86. The molecule has 0 saturated heterocycles. The van der Waals surface area contributed by atoms with E-state index in [1.54, 1.807) is 12.1 Å². The van der Waals surface area contributed by atoms with Gasteiger partial charge in [0.05, 0.1) is 5.69 Å². The van der Waals surface area contributed by atoms with Crippen molar-refractivity contribution in [2.45, 2.75) is 6.92 Å². The average molecular weight is 444 g/mol. The molecule has 0 fully saturated rings. The van der Waals surface area contributed by atoms with Crippen molar-refractivity contribution in [2.24, 2.45) is 0 Å². The molecule has 0 N–H and O–H groups in total. The Morgan fingerprint density at radius 1 is 1.07 bits per heavy atom. The highest BCUT2D eigenvalue weighted by Gasteiger charge is 2.21. The van der Waals surface area contributed by atoms with Gasteiger partial charge >= 0.3 is 0 Å². The molecule has 0 spiro atoms. The Morgan fingerprint density at radius 2 is 1.86 bits per heavy atom. The summed E-state index contributed by atoms with van der Waals surface area (Å²) in [5.74, 6) is -1.33. The van der Waals surface area contributed by atoms with Crippen LogP contribution in [0, 0.1) is 18.6 Å². The molecule has 2 aromatic heterocycles. The number of nitrogens with zero attached hydrogens (tertiary/aromatic N) is 3. The molecule has 0 atom stereocenters. The van der Waals surface area contributed by atoms with Crippen LogP contribution in [-0.2, 0) is 0 Å². The maximum Gasteiger partial charge on any atom is 0.271 e. The summed E-state index contributed by atoms with van der Waals surface area (Å²) in [5, 5.41) is 4.37. The van der Waals surface area contributed by atoms with Crippen LogP contribution in [0.15, 0.2) is 68.6 Å². The first kappa shape index (κ1) is 18.2. The van der Waals surface area contributed by atoms with Gasteiger partial charge in [0, 0.05) is 33.6 Å². The molecule has 2 heterocycles. The first-order chi connectivity index (χ1) is 13.4. The van der Waals surface area contributed by atoms with Crippen LogP contribution in [0.1, 0.15) is 5.56 Å². The SMILES string of the molecule is Cc1ccccc1-n1nc(-c2oc(Br)nc2-c2ccc(F)cc2F)ccc1=O. The van der Waals surface area contributed by atoms with Crippen LogP contribution in [0.5, 0.6) is 0 Å². The van der Waals surface area contributed by atoms with Gasteiger partial charge in [0.15, 0.2) is 5.76 Å². The second-order valence-electron chi connectivity index (χ2n) is 6.02. The third kappa shape index (κ3) is 3.27. The highest BCUT2D eigenvalue weighted by atomic mass is 79.9. The Kier molecular flexibility index (Phi) is 4.64. The largest absolute Gasteiger partial charge is 0.429 e. The highest BCUT2D eigenvalue weighted by molar-refractivity contribution is 9.10. The van der Waals surface area contributed by atoms with Gasteiger partial charge in [-0.15, -0.1) is 0 Å². The number of benzene rings is 2. The molecular formula is C20H12BrF2N3O2. The number of aromatic nitrogens is 3. The minimum Gasteiger partial charge on any atom is -0.429 e. The van der Waals surface area contributed by atoms with Crippen LogP contribution in [0.2, 0.25) is 0 Å². The molecule has 28 heavy (non-hydrogen) atoms. The lowest BCUT2D eigenvalue weighted by Gasteiger charge is -2.09. The number of halogens is 3. The molecule has 0 unspecified atom stereocenters. The Balaban J connectivity index is 1.91. The van der Waals surface area contributed by atoms with Gasteiger partial charge in [-0.05, 0) is 36.8 Å². The van der Waals surface area contributed by atoms with Gasteiger partial charge in [-0.25, -0.2) is 13.8 Å². The fourth-order valence-electron chi connectivity index (χ4n) is 2.84. The lowest BCUT2D eigenvalue weighted by Crippen LogP contribution is -2.21. The Hall–Kier alpha value is -3.13. The number of hydrogen-bond donors (Lipinski definition) is 0. The van der Waals surface area contributed by atoms with E-state index >= 15 is 0 Å². The van der Waals surface area contributed by atoms with E-state index in [-0.39, 0.29) is 33.1 Å². The van der Waals surface area contributed by atoms with Crippen LogP contribution < -0.4 is 5.56 Å². The van der Waals surface area contributed by atoms with Crippen LogP contribution in [-0.4, -0.2) is 14.8 Å². The van der Waals surface area contributed by atoms with Gasteiger partial charge in [-0.1, -0.05) is 18.2 Å². The molecule has 4 aromatic rings. The van der Waals surface area contributed by atoms with E-state index in [1.165, 1.54) is 22.9 Å². The molecule has 0 amide bonds. The van der Waals surface area contributed by atoms with Crippen molar-refractivity contribution in [1.29, 1.82) is 0 Å². The van der Waals surface area contributed by atoms with Crippen LogP contribution in [0.4, 0.5) is 8.78 Å². The van der Waals surface area contributed by atoms with Crippen molar-refractivity contribution < 1.29 is 13.2 Å². The molecule has 0 radical (unpaired) electrons. The molecule has 2 aromatic carbocycles. The molecular weight excluding hydrogens is 432 g/mol. The maximum absolute atomic E-state index is 14.3. The highest BCUT2D eigenvalue weighted by Crippen LogP contribution is 2.34. The molecule has 140 valence electrons. The van der Waals surface area contributed by atoms with Crippen LogP contribution in [0.3, 0.4) is 0 Å². The summed E-state index contributed by atoms with van der Waals surface area (Å²) in [6, 6.07) is 13.3. The fraction of sp³-hybridized carbons (Fsp3) is 0.0500. The second kappa shape index (κ2) is 7.12. The smallest absolute Gasteiger partial charge is 0.271 e. The van der Waals surface area contributed by atoms with E-state index in [2.05, 4.69) is 26.0 Å². The normalized spacial score (nSPS) is 11.0. The van der Waals surface area contributed by atoms with Gasteiger partial charge in [-0.3, -0.25) is 4.79 Å². The predicted molar refractivity (Wildman–Crippen MR) is 103 cm³/mol. The molecule has 5 nitrogen and oxygen atoms in total. The third-order valence-electron chi connectivity index (χ3n) is 4.16. The number of rotatable bonds is 3. The predicted octanol–water partition coefficient (Wildman–Crippen LogP) is 4.90. The van der Waals surface area contributed by atoms with E-state index in [0.29, 0.717) is 5.69 Å². The van der Waals surface area contributed by atoms with E-state index in [0.717, 1.165) is 17.7 Å². The number of para-hydroxylation sites is 1. The van der Waals surface area contributed by atoms with Gasteiger partial charge in [0.2, 0.25) is 0 Å². The zero-order chi connectivity index (χ0) is 19.8. The molecule has 0 aliphatic rings. The number of hydrogen-bond acceptors (Lipinski definition) is 4. The van der Waals surface area contributed by atoms with Crippen LogP contribution in [0.25, 0.3) is 28.4 Å². The van der Waals surface area contributed by atoms with Crippen molar-refractivity contribution in [3.8, 4) is 28.4 Å². The quantitative estimate of drug-likeness (QED) is 0.451. The summed E-state index contributed by atoms with van der Waals surface area (Å²) in [5.41, 5.74) is 1.62. The lowest BCUT2D eigenvalue weighted by molar-refractivity contribution is 0.538. The van der Waals surface area contributed by atoms with Crippen LogP contribution >= 0.6 is 15.9 Å². The third-order valence-corrected chi connectivity index (χ3v) is 4.50. The molecule has 0 aliphatic heterocycles. The standard InChI is InChI=1S/C20H12BrF2N3O2/c1-11-4-2-3-5-16(11)26-17(27)9-8-15(25-26)19-18(24-20(21)28-19)13-7-6-12(22)10-14(13)23/h2-10H,1H3. The molecule has 0 bridgehead atoms. The van der Waals surface area contributed by atoms with Crippen molar-refractivity contribution in [3.63, 3.8) is 0 Å². The van der Waals surface area contributed by atoms with Crippen molar-refractivity contribution >= 4 is 15.9 Å². The first-order valence-corrected chi connectivity index (χ1v) is 9.02. The number of aryl methyl sites for hydroxylation is 1. The summed E-state index contributed by atoms with van der Waals surface area (Å²) in [4.78, 5) is 16.6. The summed E-state index contributed by atoms with van der Waals surface area (Å²) < 4.78 is 34.4. The topological polar surface area (TPSA) is 60.9 Å². The number of oxazole rings is 1.